The maximum absolute atomic E-state index is 13.8. The molecule has 2 aliphatic heterocycles. The Labute approximate surface area is 213 Å². The molecule has 2 aliphatic rings. The standard InChI is InChI=1S/C27H28FN7O2/c1-27(2)15-34(14-17-5-6-18(28)12-20(17)27)25(36)21-13-23(31-16-30-21)33-10-7-19(8-11-33)35-22-4-3-9-29-24(22)32-26(35)37/h3-6,9,12-13,16,19H,7-8,10-11,14-15H2,1-2H3,(H,29,32,37). The zero-order valence-electron chi connectivity index (χ0n) is 20.8. The summed E-state index contributed by atoms with van der Waals surface area (Å²) in [6.07, 6.45) is 4.64. The van der Waals surface area contributed by atoms with Gasteiger partial charge in [0.05, 0.1) is 5.52 Å². The van der Waals surface area contributed by atoms with E-state index in [2.05, 4.69) is 24.8 Å². The van der Waals surface area contributed by atoms with E-state index in [0.717, 1.165) is 29.5 Å². The summed E-state index contributed by atoms with van der Waals surface area (Å²) in [5.41, 5.74) is 3.12. The minimum Gasteiger partial charge on any atom is -0.356 e. The van der Waals surface area contributed by atoms with Crippen LogP contribution in [0.5, 0.6) is 0 Å². The van der Waals surface area contributed by atoms with E-state index < -0.39 is 0 Å². The molecule has 190 valence electrons. The van der Waals surface area contributed by atoms with Crippen molar-refractivity contribution in [1.29, 1.82) is 0 Å². The number of carbonyl (C=O) groups excluding carboxylic acids is 1. The van der Waals surface area contributed by atoms with Crippen LogP contribution in [0.25, 0.3) is 11.2 Å². The lowest BCUT2D eigenvalue weighted by Gasteiger charge is -2.40. The molecule has 0 saturated carbocycles. The first kappa shape index (κ1) is 23.3. The van der Waals surface area contributed by atoms with E-state index in [1.54, 1.807) is 33.9 Å². The van der Waals surface area contributed by atoms with Crippen molar-refractivity contribution in [3.8, 4) is 0 Å². The lowest BCUT2D eigenvalue weighted by molar-refractivity contribution is 0.0680. The Hall–Kier alpha value is -4.08. The van der Waals surface area contributed by atoms with Crippen LogP contribution < -0.4 is 10.6 Å². The van der Waals surface area contributed by atoms with Gasteiger partial charge in [0.2, 0.25) is 0 Å². The van der Waals surface area contributed by atoms with Crippen LogP contribution >= 0.6 is 0 Å². The normalized spacial score (nSPS) is 17.7. The topological polar surface area (TPSA) is 100 Å². The highest BCUT2D eigenvalue weighted by atomic mass is 19.1. The van der Waals surface area contributed by atoms with E-state index in [9.17, 15) is 14.0 Å². The number of H-pyrrole nitrogens is 1. The molecule has 37 heavy (non-hydrogen) atoms. The first-order valence-corrected chi connectivity index (χ1v) is 12.5. The first-order valence-electron chi connectivity index (χ1n) is 12.5. The number of hydrogen-bond donors (Lipinski definition) is 1. The SMILES string of the molecule is CC1(C)CN(C(=O)c2cc(N3CCC(n4c(=O)[nH]c5ncccc54)CC3)ncn2)Cc2ccc(F)cc21. The highest BCUT2D eigenvalue weighted by Crippen LogP contribution is 2.34. The number of fused-ring (bicyclic) bond motifs is 2. The van der Waals surface area contributed by atoms with Crippen LogP contribution in [-0.4, -0.2) is 54.9 Å². The molecule has 0 spiro atoms. The molecule has 1 N–H and O–H groups in total. The Balaban J connectivity index is 1.18. The Morgan fingerprint density at radius 3 is 2.73 bits per heavy atom. The third-order valence-electron chi connectivity index (χ3n) is 7.55. The van der Waals surface area contributed by atoms with Crippen molar-refractivity contribution in [1.82, 2.24) is 29.4 Å². The third-order valence-corrected chi connectivity index (χ3v) is 7.55. The molecule has 0 aliphatic carbocycles. The number of aromatic amines is 1. The van der Waals surface area contributed by atoms with Gasteiger partial charge < -0.3 is 9.80 Å². The van der Waals surface area contributed by atoms with Gasteiger partial charge in [-0.2, -0.15) is 0 Å². The summed E-state index contributed by atoms with van der Waals surface area (Å²) in [6, 6.07) is 10.3. The fraction of sp³-hybridized carbons (Fsp3) is 0.370. The number of nitrogens with one attached hydrogen (secondary N) is 1. The summed E-state index contributed by atoms with van der Waals surface area (Å²) in [5.74, 6) is 0.268. The molecule has 3 aromatic heterocycles. The number of aromatic nitrogens is 5. The number of rotatable bonds is 3. The van der Waals surface area contributed by atoms with Crippen molar-refractivity contribution in [3.63, 3.8) is 0 Å². The smallest absolute Gasteiger partial charge is 0.327 e. The molecule has 6 rings (SSSR count). The molecule has 5 heterocycles. The Bertz CT molecular complexity index is 1550. The van der Waals surface area contributed by atoms with Gasteiger partial charge in [0.15, 0.2) is 5.65 Å². The molecule has 10 heteroatoms. The highest BCUT2D eigenvalue weighted by Gasteiger charge is 2.35. The quantitative estimate of drug-likeness (QED) is 0.462. The summed E-state index contributed by atoms with van der Waals surface area (Å²) >= 11 is 0. The predicted octanol–water partition coefficient (Wildman–Crippen LogP) is 3.43. The van der Waals surface area contributed by atoms with Crippen LogP contribution in [0, 0.1) is 5.82 Å². The zero-order chi connectivity index (χ0) is 25.7. The van der Waals surface area contributed by atoms with Gasteiger partial charge in [0.25, 0.3) is 5.91 Å². The third kappa shape index (κ3) is 4.16. The van der Waals surface area contributed by atoms with Crippen molar-refractivity contribution >= 4 is 22.9 Å². The van der Waals surface area contributed by atoms with Gasteiger partial charge in [0, 0.05) is 49.9 Å². The van der Waals surface area contributed by atoms with Gasteiger partial charge in [-0.3, -0.25) is 14.3 Å². The van der Waals surface area contributed by atoms with E-state index in [1.807, 2.05) is 26.0 Å². The minimum absolute atomic E-state index is 0.0603. The summed E-state index contributed by atoms with van der Waals surface area (Å²) in [6.45, 7) is 6.33. The summed E-state index contributed by atoms with van der Waals surface area (Å²) in [7, 11) is 0. The lowest BCUT2D eigenvalue weighted by Crippen LogP contribution is -2.45. The van der Waals surface area contributed by atoms with E-state index in [1.165, 1.54) is 12.4 Å². The Morgan fingerprint density at radius 2 is 1.92 bits per heavy atom. The van der Waals surface area contributed by atoms with Crippen LogP contribution in [-0.2, 0) is 12.0 Å². The molecular weight excluding hydrogens is 473 g/mol. The number of imidazole rings is 1. The van der Waals surface area contributed by atoms with Gasteiger partial charge >= 0.3 is 5.69 Å². The molecule has 1 fully saturated rings. The minimum atomic E-state index is -0.376. The van der Waals surface area contributed by atoms with Gasteiger partial charge in [-0.15, -0.1) is 0 Å². The molecule has 0 unspecified atom stereocenters. The predicted molar refractivity (Wildman–Crippen MR) is 137 cm³/mol. The largest absolute Gasteiger partial charge is 0.356 e. The van der Waals surface area contributed by atoms with Crippen molar-refractivity contribution in [2.75, 3.05) is 24.5 Å². The molecule has 1 amide bonds. The number of benzene rings is 1. The second kappa shape index (κ2) is 8.79. The van der Waals surface area contributed by atoms with E-state index in [4.69, 9.17) is 0 Å². The number of halogens is 1. The second-order valence-electron chi connectivity index (χ2n) is 10.5. The van der Waals surface area contributed by atoms with Gasteiger partial charge in [-0.25, -0.2) is 24.1 Å². The van der Waals surface area contributed by atoms with E-state index in [0.29, 0.717) is 43.3 Å². The van der Waals surface area contributed by atoms with Crippen LogP contribution in [0.1, 0.15) is 54.3 Å². The maximum Gasteiger partial charge on any atom is 0.327 e. The number of pyridine rings is 1. The average Bonchev–Trinajstić information content (AvgIpc) is 3.24. The van der Waals surface area contributed by atoms with Gasteiger partial charge in [0.1, 0.15) is 23.7 Å². The van der Waals surface area contributed by atoms with Crippen molar-refractivity contribution < 1.29 is 9.18 Å². The second-order valence-corrected chi connectivity index (χ2v) is 10.5. The number of hydrogen-bond acceptors (Lipinski definition) is 6. The highest BCUT2D eigenvalue weighted by molar-refractivity contribution is 5.93. The summed E-state index contributed by atoms with van der Waals surface area (Å²) < 4.78 is 15.7. The molecule has 0 atom stereocenters. The van der Waals surface area contributed by atoms with Crippen molar-refractivity contribution in [3.05, 3.63) is 82.0 Å². The average molecular weight is 502 g/mol. The molecule has 0 bridgehead atoms. The van der Waals surface area contributed by atoms with E-state index >= 15 is 0 Å². The molecule has 1 saturated heterocycles. The van der Waals surface area contributed by atoms with Gasteiger partial charge in [-0.05, 0) is 48.2 Å². The monoisotopic (exact) mass is 501 g/mol. The van der Waals surface area contributed by atoms with Crippen LogP contribution in [0.2, 0.25) is 0 Å². The first-order chi connectivity index (χ1) is 17.8. The van der Waals surface area contributed by atoms with E-state index in [-0.39, 0.29) is 28.9 Å². The Kier molecular flexibility index (Phi) is 5.54. The van der Waals surface area contributed by atoms with Crippen LogP contribution in [0.4, 0.5) is 10.2 Å². The Morgan fingerprint density at radius 1 is 1.11 bits per heavy atom. The molecular formula is C27H28FN7O2. The fourth-order valence-electron chi connectivity index (χ4n) is 5.76. The zero-order valence-corrected chi connectivity index (χ0v) is 20.8. The molecule has 1 aromatic carbocycles. The molecule has 9 nitrogen and oxygen atoms in total. The number of piperidine rings is 1. The summed E-state index contributed by atoms with van der Waals surface area (Å²) in [5, 5.41) is 0. The number of carbonyl (C=O) groups is 1. The maximum atomic E-state index is 13.8. The summed E-state index contributed by atoms with van der Waals surface area (Å²) in [4.78, 5) is 45.7. The molecule has 4 aromatic rings. The van der Waals surface area contributed by atoms with Crippen LogP contribution in [0.15, 0.2) is 53.7 Å². The fourth-order valence-corrected chi connectivity index (χ4v) is 5.76. The lowest BCUT2D eigenvalue weighted by atomic mass is 9.78. The van der Waals surface area contributed by atoms with Crippen LogP contribution in [0.3, 0.4) is 0 Å². The molecule has 0 radical (unpaired) electrons. The van der Waals surface area contributed by atoms with Crippen molar-refractivity contribution in [2.24, 2.45) is 0 Å². The van der Waals surface area contributed by atoms with Gasteiger partial charge in [-0.1, -0.05) is 19.9 Å². The van der Waals surface area contributed by atoms with Crippen molar-refractivity contribution in [2.45, 2.75) is 44.7 Å². The number of anilines is 1. The number of nitrogens with zero attached hydrogens (tertiary/aromatic N) is 6. The number of amides is 1.